The smallest absolute Gasteiger partial charge is 0.272 e. The zero-order valence-electron chi connectivity index (χ0n) is 10.9. The minimum atomic E-state index is -0.518. The normalized spacial score (nSPS) is 12.2. The summed E-state index contributed by atoms with van der Waals surface area (Å²) in [6.07, 6.45) is 3.18. The average molecular weight is 297 g/mol. The van der Waals surface area contributed by atoms with Gasteiger partial charge in [0.1, 0.15) is 17.5 Å². The van der Waals surface area contributed by atoms with Crippen LogP contribution in [0.5, 0.6) is 0 Å². The van der Waals surface area contributed by atoms with Crippen molar-refractivity contribution in [3.8, 4) is 0 Å². The Balaban J connectivity index is 2.01. The number of pyridine rings is 1. The van der Waals surface area contributed by atoms with Crippen LogP contribution in [-0.4, -0.2) is 27.3 Å². The van der Waals surface area contributed by atoms with Gasteiger partial charge in [-0.05, 0) is 24.6 Å². The number of carbonyl (C=O) groups excluding carboxylic acids is 1. The van der Waals surface area contributed by atoms with E-state index in [0.29, 0.717) is 5.15 Å². The van der Waals surface area contributed by atoms with Crippen molar-refractivity contribution in [3.63, 3.8) is 0 Å². The molecule has 1 atom stereocenters. The topological polar surface area (TPSA) is 59.8 Å². The second-order valence-electron chi connectivity index (χ2n) is 4.26. The molecule has 2 aromatic heterocycles. The predicted octanol–water partition coefficient (Wildman–Crippen LogP) is 2.39. The van der Waals surface area contributed by atoms with E-state index < -0.39 is 6.67 Å². The van der Waals surface area contributed by atoms with Gasteiger partial charge in [-0.2, -0.15) is 5.10 Å². The first kappa shape index (κ1) is 14.5. The van der Waals surface area contributed by atoms with Crippen LogP contribution in [-0.2, 0) is 6.54 Å². The molecule has 20 heavy (non-hydrogen) atoms. The van der Waals surface area contributed by atoms with Crippen molar-refractivity contribution >= 4 is 17.5 Å². The van der Waals surface area contributed by atoms with E-state index in [0.717, 1.165) is 5.56 Å². The fraction of sp³-hybridized carbons (Fsp3) is 0.308. The number of aryl methyl sites for hydroxylation is 1. The van der Waals surface area contributed by atoms with Crippen LogP contribution < -0.4 is 5.32 Å². The average Bonchev–Trinajstić information content (AvgIpc) is 2.88. The maximum absolute atomic E-state index is 12.2. The Kier molecular flexibility index (Phi) is 4.68. The molecule has 0 aromatic carbocycles. The summed E-state index contributed by atoms with van der Waals surface area (Å²) in [5.41, 5.74) is 1.10. The molecule has 2 heterocycles. The van der Waals surface area contributed by atoms with E-state index in [2.05, 4.69) is 15.4 Å². The molecule has 7 heteroatoms. The van der Waals surface area contributed by atoms with Gasteiger partial charge in [0.25, 0.3) is 5.91 Å². The highest BCUT2D eigenvalue weighted by Crippen LogP contribution is 2.14. The molecule has 1 N–H and O–H groups in total. The summed E-state index contributed by atoms with van der Waals surface area (Å²) in [5.74, 6) is -0.315. The summed E-state index contributed by atoms with van der Waals surface area (Å²) < 4.78 is 13.6. The third kappa shape index (κ3) is 3.54. The summed E-state index contributed by atoms with van der Waals surface area (Å²) in [4.78, 5) is 15.9. The number of alkyl halides is 1. The molecule has 0 saturated heterocycles. The summed E-state index contributed by atoms with van der Waals surface area (Å²) >= 11 is 5.71. The second kappa shape index (κ2) is 6.47. The third-order valence-electron chi connectivity index (χ3n) is 2.78. The molecule has 5 nitrogen and oxygen atoms in total. The van der Waals surface area contributed by atoms with Gasteiger partial charge in [0.2, 0.25) is 0 Å². The Morgan fingerprint density at radius 1 is 1.50 bits per heavy atom. The molecule has 1 unspecified atom stereocenters. The van der Waals surface area contributed by atoms with Crippen LogP contribution in [0, 0.1) is 0 Å². The molecule has 0 radical (unpaired) electrons. The van der Waals surface area contributed by atoms with Crippen LogP contribution in [0.15, 0.2) is 30.6 Å². The number of hydrogen-bond donors (Lipinski definition) is 1. The molecule has 0 saturated carbocycles. The summed E-state index contributed by atoms with van der Waals surface area (Å²) in [6.45, 7) is 1.46. The number of rotatable bonds is 5. The number of halogens is 2. The zero-order chi connectivity index (χ0) is 14.5. The Bertz CT molecular complexity index is 584. The van der Waals surface area contributed by atoms with Crippen LogP contribution in [0.25, 0.3) is 0 Å². The van der Waals surface area contributed by atoms with E-state index in [1.165, 1.54) is 4.68 Å². The van der Waals surface area contributed by atoms with Crippen molar-refractivity contribution in [2.24, 2.45) is 0 Å². The van der Waals surface area contributed by atoms with Gasteiger partial charge in [0.05, 0.1) is 12.6 Å². The van der Waals surface area contributed by atoms with Gasteiger partial charge in [-0.1, -0.05) is 17.7 Å². The highest BCUT2D eigenvalue weighted by atomic mass is 35.5. The Labute approximate surface area is 120 Å². The number of carbonyl (C=O) groups is 1. The Morgan fingerprint density at radius 3 is 2.95 bits per heavy atom. The molecule has 106 valence electrons. The fourth-order valence-corrected chi connectivity index (χ4v) is 1.80. The standard InChI is InChI=1S/C13H14ClFN4O/c1-9(10-2-3-12(14)16-8-10)17-13(20)11-4-6-19(18-11)7-5-15/h2-4,6,8-9H,5,7H2,1H3,(H,17,20). The van der Waals surface area contributed by atoms with Gasteiger partial charge >= 0.3 is 0 Å². The van der Waals surface area contributed by atoms with E-state index in [4.69, 9.17) is 11.6 Å². The van der Waals surface area contributed by atoms with E-state index in [9.17, 15) is 9.18 Å². The van der Waals surface area contributed by atoms with E-state index >= 15 is 0 Å². The quantitative estimate of drug-likeness (QED) is 0.862. The van der Waals surface area contributed by atoms with Crippen molar-refractivity contribution < 1.29 is 9.18 Å². The van der Waals surface area contributed by atoms with Crippen LogP contribution in [0.2, 0.25) is 5.15 Å². The lowest BCUT2D eigenvalue weighted by molar-refractivity contribution is 0.0933. The molecule has 0 aliphatic heterocycles. The minimum absolute atomic E-state index is 0.143. The highest BCUT2D eigenvalue weighted by Gasteiger charge is 2.14. The molecule has 0 aliphatic carbocycles. The maximum atomic E-state index is 12.2. The molecule has 2 aromatic rings. The summed E-state index contributed by atoms with van der Waals surface area (Å²) in [6, 6.07) is 4.79. The molecular weight excluding hydrogens is 283 g/mol. The van der Waals surface area contributed by atoms with E-state index in [-0.39, 0.29) is 24.2 Å². The number of hydrogen-bond acceptors (Lipinski definition) is 3. The monoisotopic (exact) mass is 296 g/mol. The van der Waals surface area contributed by atoms with Gasteiger partial charge < -0.3 is 5.32 Å². The van der Waals surface area contributed by atoms with Gasteiger partial charge in [0.15, 0.2) is 0 Å². The summed E-state index contributed by atoms with van der Waals surface area (Å²) in [7, 11) is 0. The van der Waals surface area contributed by atoms with Crippen molar-refractivity contribution in [2.45, 2.75) is 19.5 Å². The first-order valence-corrected chi connectivity index (χ1v) is 6.49. The predicted molar refractivity (Wildman–Crippen MR) is 73.3 cm³/mol. The number of aromatic nitrogens is 3. The summed E-state index contributed by atoms with van der Waals surface area (Å²) in [5, 5.41) is 7.18. The fourth-order valence-electron chi connectivity index (χ4n) is 1.69. The third-order valence-corrected chi connectivity index (χ3v) is 3.01. The minimum Gasteiger partial charge on any atom is -0.344 e. The van der Waals surface area contributed by atoms with Crippen LogP contribution in [0.1, 0.15) is 29.0 Å². The van der Waals surface area contributed by atoms with Crippen LogP contribution >= 0.6 is 11.6 Å². The molecular formula is C13H14ClFN4O. The van der Waals surface area contributed by atoms with E-state index in [1.54, 1.807) is 30.6 Å². The largest absolute Gasteiger partial charge is 0.344 e. The molecule has 1 amide bonds. The molecule has 0 aliphatic rings. The SMILES string of the molecule is CC(NC(=O)c1ccn(CCF)n1)c1ccc(Cl)nc1. The van der Waals surface area contributed by atoms with Crippen molar-refractivity contribution in [3.05, 3.63) is 47.0 Å². The van der Waals surface area contributed by atoms with Crippen LogP contribution in [0.4, 0.5) is 4.39 Å². The zero-order valence-corrected chi connectivity index (χ0v) is 11.6. The van der Waals surface area contributed by atoms with Gasteiger partial charge in [0, 0.05) is 12.4 Å². The number of amides is 1. The van der Waals surface area contributed by atoms with Gasteiger partial charge in [-0.3, -0.25) is 9.48 Å². The van der Waals surface area contributed by atoms with Gasteiger partial charge in [-0.25, -0.2) is 9.37 Å². The molecule has 0 fully saturated rings. The first-order chi connectivity index (χ1) is 9.60. The Morgan fingerprint density at radius 2 is 2.30 bits per heavy atom. The van der Waals surface area contributed by atoms with Gasteiger partial charge in [-0.15, -0.1) is 0 Å². The van der Waals surface area contributed by atoms with Crippen molar-refractivity contribution in [1.82, 2.24) is 20.1 Å². The Hall–Kier alpha value is -1.95. The number of nitrogens with zero attached hydrogens (tertiary/aromatic N) is 3. The lowest BCUT2D eigenvalue weighted by Crippen LogP contribution is -2.27. The van der Waals surface area contributed by atoms with Crippen molar-refractivity contribution in [2.75, 3.05) is 6.67 Å². The van der Waals surface area contributed by atoms with Crippen molar-refractivity contribution in [1.29, 1.82) is 0 Å². The van der Waals surface area contributed by atoms with E-state index in [1.807, 2.05) is 6.92 Å². The molecule has 0 bridgehead atoms. The molecule has 0 spiro atoms. The lowest BCUT2D eigenvalue weighted by Gasteiger charge is -2.12. The van der Waals surface area contributed by atoms with Crippen LogP contribution in [0.3, 0.4) is 0 Å². The highest BCUT2D eigenvalue weighted by molar-refractivity contribution is 6.29. The first-order valence-electron chi connectivity index (χ1n) is 6.12. The lowest BCUT2D eigenvalue weighted by atomic mass is 10.1. The molecule has 2 rings (SSSR count). The second-order valence-corrected chi connectivity index (χ2v) is 4.65. The number of nitrogens with one attached hydrogen (secondary N) is 1. The maximum Gasteiger partial charge on any atom is 0.272 e.